The second-order valence-corrected chi connectivity index (χ2v) is 4.67. The molecule has 94 valence electrons. The number of carbonyl (C=O) groups is 1. The summed E-state index contributed by atoms with van der Waals surface area (Å²) >= 11 is 0. The van der Waals surface area contributed by atoms with Crippen molar-refractivity contribution in [2.45, 2.75) is 37.8 Å². The van der Waals surface area contributed by atoms with Gasteiger partial charge in [-0.2, -0.15) is 0 Å². The van der Waals surface area contributed by atoms with Crippen molar-refractivity contribution in [2.75, 3.05) is 20.3 Å². The second-order valence-electron chi connectivity index (χ2n) is 4.67. The zero-order chi connectivity index (χ0) is 10.8. The largest absolute Gasteiger partial charge is 0.379 e. The van der Waals surface area contributed by atoms with E-state index in [1.807, 2.05) is 11.9 Å². The Morgan fingerprint density at radius 3 is 2.62 bits per heavy atom. The summed E-state index contributed by atoms with van der Waals surface area (Å²) in [4.78, 5) is 14.0. The van der Waals surface area contributed by atoms with Gasteiger partial charge < -0.3 is 15.4 Å². The lowest BCUT2D eigenvalue weighted by Gasteiger charge is -2.27. The maximum Gasteiger partial charge on any atom is 0.227 e. The number of rotatable bonds is 2. The van der Waals surface area contributed by atoms with E-state index in [2.05, 4.69) is 0 Å². The van der Waals surface area contributed by atoms with Gasteiger partial charge in [0.1, 0.15) is 0 Å². The number of hydrogen-bond donors (Lipinski definition) is 1. The molecule has 1 saturated carbocycles. The van der Waals surface area contributed by atoms with Crippen molar-refractivity contribution >= 4 is 18.3 Å². The van der Waals surface area contributed by atoms with Crippen LogP contribution in [0.15, 0.2) is 0 Å². The molecule has 2 fully saturated rings. The predicted molar refractivity (Wildman–Crippen MR) is 64.6 cm³/mol. The third kappa shape index (κ3) is 2.67. The summed E-state index contributed by atoms with van der Waals surface area (Å²) in [6, 6.07) is 0.340. The van der Waals surface area contributed by atoms with Crippen LogP contribution in [0.2, 0.25) is 0 Å². The van der Waals surface area contributed by atoms with Crippen molar-refractivity contribution in [1.29, 1.82) is 0 Å². The van der Waals surface area contributed by atoms with Gasteiger partial charge >= 0.3 is 0 Å². The highest BCUT2D eigenvalue weighted by molar-refractivity contribution is 5.85. The summed E-state index contributed by atoms with van der Waals surface area (Å²) in [5.41, 5.74) is 5.94. The lowest BCUT2D eigenvalue weighted by molar-refractivity contribution is -0.136. The van der Waals surface area contributed by atoms with Gasteiger partial charge in [0.05, 0.1) is 18.6 Å². The lowest BCUT2D eigenvalue weighted by Crippen LogP contribution is -2.44. The SMILES string of the molecule is CN(C(=O)C1CCCC1N)C1CCOC1.Cl. The topological polar surface area (TPSA) is 55.6 Å². The highest BCUT2D eigenvalue weighted by Gasteiger charge is 2.35. The number of ether oxygens (including phenoxy) is 1. The Balaban J connectivity index is 0.00000128. The first-order chi connectivity index (χ1) is 7.20. The number of amides is 1. The summed E-state index contributed by atoms with van der Waals surface area (Å²) in [5, 5.41) is 0. The van der Waals surface area contributed by atoms with Crippen LogP contribution in [0.4, 0.5) is 0 Å². The number of halogens is 1. The molecule has 3 unspecified atom stereocenters. The lowest BCUT2D eigenvalue weighted by atomic mass is 10.0. The Labute approximate surface area is 103 Å². The first kappa shape index (κ1) is 13.7. The molecule has 1 amide bonds. The van der Waals surface area contributed by atoms with Crippen molar-refractivity contribution < 1.29 is 9.53 Å². The molecule has 2 aliphatic rings. The summed E-state index contributed by atoms with van der Waals surface area (Å²) < 4.78 is 5.29. The minimum atomic E-state index is 0. The van der Waals surface area contributed by atoms with Crippen LogP contribution in [0.5, 0.6) is 0 Å². The van der Waals surface area contributed by atoms with Crippen LogP contribution in [0, 0.1) is 5.92 Å². The Bertz CT molecular complexity index is 244. The van der Waals surface area contributed by atoms with Crippen LogP contribution in [0.1, 0.15) is 25.7 Å². The standard InChI is InChI=1S/C11H20N2O2.ClH/c1-13(8-5-6-15-7-8)11(14)9-3-2-4-10(9)12;/h8-10H,2-7,12H2,1H3;1H. The smallest absolute Gasteiger partial charge is 0.227 e. The molecular formula is C11H21ClN2O2. The maximum absolute atomic E-state index is 12.1. The van der Waals surface area contributed by atoms with Gasteiger partial charge in [-0.3, -0.25) is 4.79 Å². The zero-order valence-corrected chi connectivity index (χ0v) is 10.5. The summed E-state index contributed by atoms with van der Waals surface area (Å²) in [6.07, 6.45) is 4.00. The highest BCUT2D eigenvalue weighted by Crippen LogP contribution is 2.26. The van der Waals surface area contributed by atoms with Gasteiger partial charge in [0.2, 0.25) is 5.91 Å². The van der Waals surface area contributed by atoms with Crippen LogP contribution < -0.4 is 5.73 Å². The highest BCUT2D eigenvalue weighted by atomic mass is 35.5. The average molecular weight is 249 g/mol. The van der Waals surface area contributed by atoms with E-state index in [0.29, 0.717) is 6.61 Å². The number of hydrogen-bond acceptors (Lipinski definition) is 3. The Morgan fingerprint density at radius 2 is 2.12 bits per heavy atom. The first-order valence-corrected chi connectivity index (χ1v) is 5.80. The van der Waals surface area contributed by atoms with E-state index in [1.54, 1.807) is 0 Å². The van der Waals surface area contributed by atoms with E-state index < -0.39 is 0 Å². The minimum Gasteiger partial charge on any atom is -0.379 e. The van der Waals surface area contributed by atoms with Crippen LogP contribution in [0.25, 0.3) is 0 Å². The molecule has 1 heterocycles. The fourth-order valence-electron chi connectivity index (χ4n) is 2.56. The molecule has 0 aromatic rings. The van der Waals surface area contributed by atoms with Gasteiger partial charge in [0.15, 0.2) is 0 Å². The van der Waals surface area contributed by atoms with Gasteiger partial charge in [-0.15, -0.1) is 12.4 Å². The third-order valence-corrected chi connectivity index (χ3v) is 3.69. The molecule has 1 saturated heterocycles. The number of carbonyl (C=O) groups excluding carboxylic acids is 1. The predicted octanol–water partition coefficient (Wildman–Crippen LogP) is 0.783. The van der Waals surface area contributed by atoms with Crippen LogP contribution in [0.3, 0.4) is 0 Å². The molecule has 2 rings (SSSR count). The molecule has 1 aliphatic carbocycles. The molecule has 0 radical (unpaired) electrons. The average Bonchev–Trinajstić information content (AvgIpc) is 2.85. The second kappa shape index (κ2) is 5.84. The van der Waals surface area contributed by atoms with Gasteiger partial charge in [-0.1, -0.05) is 6.42 Å². The van der Waals surface area contributed by atoms with E-state index in [0.717, 1.165) is 32.3 Å². The normalized spacial score (nSPS) is 33.5. The van der Waals surface area contributed by atoms with Crippen LogP contribution >= 0.6 is 12.4 Å². The van der Waals surface area contributed by atoms with Crippen LogP contribution in [-0.2, 0) is 9.53 Å². The molecule has 4 nitrogen and oxygen atoms in total. The van der Waals surface area contributed by atoms with Crippen molar-refractivity contribution in [3.63, 3.8) is 0 Å². The van der Waals surface area contributed by atoms with E-state index in [9.17, 15) is 4.79 Å². The van der Waals surface area contributed by atoms with Crippen LogP contribution in [-0.4, -0.2) is 43.2 Å². The van der Waals surface area contributed by atoms with Crippen molar-refractivity contribution in [1.82, 2.24) is 4.90 Å². The zero-order valence-electron chi connectivity index (χ0n) is 9.72. The molecule has 1 aliphatic heterocycles. The van der Waals surface area contributed by atoms with E-state index in [-0.39, 0.29) is 36.3 Å². The summed E-state index contributed by atoms with van der Waals surface area (Å²) in [6.45, 7) is 1.46. The molecule has 0 aromatic heterocycles. The van der Waals surface area contributed by atoms with Gasteiger partial charge in [0.25, 0.3) is 0 Å². The number of nitrogens with zero attached hydrogens (tertiary/aromatic N) is 1. The Hall–Kier alpha value is -0.320. The molecule has 0 aromatic carbocycles. The number of nitrogens with two attached hydrogens (primary N) is 1. The fraction of sp³-hybridized carbons (Fsp3) is 0.909. The van der Waals surface area contributed by atoms with Gasteiger partial charge in [-0.05, 0) is 19.3 Å². The molecule has 0 spiro atoms. The molecular weight excluding hydrogens is 228 g/mol. The first-order valence-electron chi connectivity index (χ1n) is 5.80. The Morgan fingerprint density at radius 1 is 1.38 bits per heavy atom. The molecule has 5 heteroatoms. The van der Waals surface area contributed by atoms with E-state index in [1.165, 1.54) is 0 Å². The van der Waals surface area contributed by atoms with Gasteiger partial charge in [0, 0.05) is 19.7 Å². The van der Waals surface area contributed by atoms with Gasteiger partial charge in [-0.25, -0.2) is 0 Å². The minimum absolute atomic E-state index is 0. The fourth-order valence-corrected chi connectivity index (χ4v) is 2.56. The Kier molecular flexibility index (Phi) is 5.02. The van der Waals surface area contributed by atoms with E-state index >= 15 is 0 Å². The maximum atomic E-state index is 12.1. The summed E-state index contributed by atoms with van der Waals surface area (Å²) in [7, 11) is 1.88. The number of likely N-dealkylation sites (N-methyl/N-ethyl adjacent to an activating group) is 1. The third-order valence-electron chi connectivity index (χ3n) is 3.69. The molecule has 2 N–H and O–H groups in total. The van der Waals surface area contributed by atoms with E-state index in [4.69, 9.17) is 10.5 Å². The molecule has 0 bridgehead atoms. The summed E-state index contributed by atoms with van der Waals surface area (Å²) in [5.74, 6) is 0.270. The molecule has 16 heavy (non-hydrogen) atoms. The van der Waals surface area contributed by atoms with Crippen molar-refractivity contribution in [3.8, 4) is 0 Å². The molecule has 3 atom stereocenters. The van der Waals surface area contributed by atoms with Crippen molar-refractivity contribution in [2.24, 2.45) is 11.7 Å². The van der Waals surface area contributed by atoms with Crippen molar-refractivity contribution in [3.05, 3.63) is 0 Å². The monoisotopic (exact) mass is 248 g/mol. The quantitative estimate of drug-likeness (QED) is 0.786.